The molecule has 1 fully saturated rings. The number of rotatable bonds is 4. The first-order valence-corrected chi connectivity index (χ1v) is 15.9. The summed E-state index contributed by atoms with van der Waals surface area (Å²) >= 11 is 0. The van der Waals surface area contributed by atoms with Gasteiger partial charge in [-0.2, -0.15) is 10.2 Å². The number of likely N-dealkylation sites (tertiary alicyclic amines) is 1. The van der Waals surface area contributed by atoms with E-state index in [0.29, 0.717) is 22.2 Å². The average Bonchev–Trinajstić information content (AvgIpc) is 3.77. The fraction of sp³-hybridized carbons (Fsp3) is 0.312. The van der Waals surface area contributed by atoms with E-state index in [0.717, 1.165) is 16.5 Å². The number of hydroxylamine groups is 1. The molecule has 5 heterocycles. The second kappa shape index (κ2) is 9.88. The number of ether oxygens (including phenoxy) is 1. The number of hydrogen-bond acceptors (Lipinski definition) is 8. The topological polar surface area (TPSA) is 129 Å². The van der Waals surface area contributed by atoms with Crippen LogP contribution < -0.4 is 5.06 Å². The lowest BCUT2D eigenvalue weighted by Crippen LogP contribution is -2.44. The van der Waals surface area contributed by atoms with E-state index in [-0.39, 0.29) is 36.0 Å². The average molecular weight is 629 g/mol. The maximum atomic E-state index is 14.2. The molecule has 5 aromatic rings. The quantitative estimate of drug-likeness (QED) is 0.282. The van der Waals surface area contributed by atoms with Crippen molar-refractivity contribution in [3.8, 4) is 11.1 Å². The van der Waals surface area contributed by atoms with Gasteiger partial charge in [-0.05, 0) is 57.0 Å². The summed E-state index contributed by atoms with van der Waals surface area (Å²) in [6.07, 6.45) is 4.53. The van der Waals surface area contributed by atoms with Gasteiger partial charge in [-0.25, -0.2) is 22.2 Å². The minimum atomic E-state index is -4.10. The molecular formula is C32H32N6O6S. The van der Waals surface area contributed by atoms with Crippen molar-refractivity contribution >= 4 is 49.6 Å². The Morgan fingerprint density at radius 1 is 1.07 bits per heavy atom. The molecule has 2 aliphatic heterocycles. The van der Waals surface area contributed by atoms with E-state index in [9.17, 15) is 18.0 Å². The third-order valence-electron chi connectivity index (χ3n) is 8.52. The number of aryl methyl sites for hydroxylation is 1. The Kier molecular flexibility index (Phi) is 6.36. The second-order valence-corrected chi connectivity index (χ2v) is 14.2. The minimum Gasteiger partial charge on any atom is -0.444 e. The highest BCUT2D eigenvalue weighted by Crippen LogP contribution is 2.52. The minimum absolute atomic E-state index is 0.0322. The molecule has 1 spiro atoms. The van der Waals surface area contributed by atoms with Crippen molar-refractivity contribution in [1.29, 1.82) is 0 Å². The van der Waals surface area contributed by atoms with Gasteiger partial charge >= 0.3 is 6.09 Å². The molecule has 0 saturated carbocycles. The van der Waals surface area contributed by atoms with Gasteiger partial charge in [0.15, 0.2) is 5.65 Å². The van der Waals surface area contributed by atoms with Crippen molar-refractivity contribution in [3.05, 3.63) is 72.7 Å². The molecule has 1 atom stereocenters. The van der Waals surface area contributed by atoms with Crippen molar-refractivity contribution < 1.29 is 27.6 Å². The van der Waals surface area contributed by atoms with Crippen LogP contribution in [0.15, 0.2) is 72.0 Å². The molecule has 232 valence electrons. The summed E-state index contributed by atoms with van der Waals surface area (Å²) in [5.41, 5.74) is 1.39. The van der Waals surface area contributed by atoms with Gasteiger partial charge in [0.05, 0.1) is 41.0 Å². The van der Waals surface area contributed by atoms with E-state index in [1.165, 1.54) is 39.4 Å². The first-order valence-electron chi connectivity index (χ1n) is 14.5. The van der Waals surface area contributed by atoms with Crippen LogP contribution in [0.2, 0.25) is 0 Å². The summed E-state index contributed by atoms with van der Waals surface area (Å²) < 4.78 is 36.8. The van der Waals surface area contributed by atoms with Crippen LogP contribution in [0.4, 0.5) is 10.5 Å². The van der Waals surface area contributed by atoms with Gasteiger partial charge in [0.25, 0.3) is 15.9 Å². The normalized spacial score (nSPS) is 18.5. The van der Waals surface area contributed by atoms with Crippen LogP contribution in [0.3, 0.4) is 0 Å². The summed E-state index contributed by atoms with van der Waals surface area (Å²) in [6.45, 7) is 5.66. The summed E-state index contributed by atoms with van der Waals surface area (Å²) in [6, 6.07) is 13.9. The standard InChI is InChI=1S/C32H32N6O6S/c1-31(2,3)44-30(40)36-14-13-32(19-36)27-25(38(43-5)29(32)39)17-33-28-26(27)23(20-11-12-24-21(15-20)16-34-35(24)4)18-37(28)45(41,42)22-9-7-6-8-10-22/h6-12,15-18H,13-14,19H2,1-5H3. The highest BCUT2D eigenvalue weighted by Gasteiger charge is 2.58. The number of amides is 2. The predicted octanol–water partition coefficient (Wildman–Crippen LogP) is 4.61. The largest absolute Gasteiger partial charge is 0.444 e. The Balaban J connectivity index is 1.51. The zero-order valence-electron chi connectivity index (χ0n) is 25.5. The lowest BCUT2D eigenvalue weighted by Gasteiger charge is -2.26. The number of anilines is 1. The van der Waals surface area contributed by atoms with Crippen LogP contribution in [0.5, 0.6) is 0 Å². The Morgan fingerprint density at radius 3 is 2.53 bits per heavy atom. The molecule has 1 unspecified atom stereocenters. The molecule has 12 nitrogen and oxygen atoms in total. The maximum absolute atomic E-state index is 14.2. The number of benzene rings is 2. The van der Waals surface area contributed by atoms with Crippen molar-refractivity contribution in [1.82, 2.24) is 23.6 Å². The number of aromatic nitrogens is 4. The molecule has 0 aliphatic carbocycles. The molecule has 13 heteroatoms. The molecule has 0 radical (unpaired) electrons. The smallest absolute Gasteiger partial charge is 0.410 e. The van der Waals surface area contributed by atoms with E-state index in [1.807, 2.05) is 25.2 Å². The SMILES string of the molecule is CON1C(=O)C2(CCN(C(=O)OC(C)(C)C)C2)c2c1cnc1c2c(-c2ccc3c(cnn3C)c2)cn1S(=O)(=O)c1ccccc1. The van der Waals surface area contributed by atoms with E-state index in [4.69, 9.17) is 9.57 Å². The first-order chi connectivity index (χ1) is 21.4. The zero-order chi connectivity index (χ0) is 31.9. The van der Waals surface area contributed by atoms with E-state index in [2.05, 4.69) is 10.1 Å². The van der Waals surface area contributed by atoms with Crippen molar-refractivity contribution in [3.63, 3.8) is 0 Å². The van der Waals surface area contributed by atoms with Crippen molar-refractivity contribution in [2.24, 2.45) is 7.05 Å². The monoisotopic (exact) mass is 628 g/mol. The number of carbonyl (C=O) groups is 2. The van der Waals surface area contributed by atoms with Crippen LogP contribution in [-0.4, -0.2) is 69.9 Å². The summed E-state index contributed by atoms with van der Waals surface area (Å²) in [5, 5.41) is 6.91. The molecule has 1 saturated heterocycles. The van der Waals surface area contributed by atoms with Gasteiger partial charge < -0.3 is 9.64 Å². The van der Waals surface area contributed by atoms with Crippen molar-refractivity contribution in [2.75, 3.05) is 25.3 Å². The Morgan fingerprint density at radius 2 is 1.82 bits per heavy atom. The van der Waals surface area contributed by atoms with E-state index >= 15 is 0 Å². The van der Waals surface area contributed by atoms with Gasteiger partial charge in [-0.1, -0.05) is 24.3 Å². The first kappa shape index (κ1) is 29.0. The molecule has 2 amide bonds. The number of hydrogen-bond donors (Lipinski definition) is 0. The van der Waals surface area contributed by atoms with Crippen LogP contribution in [-0.2, 0) is 36.9 Å². The Bertz CT molecular complexity index is 2130. The highest BCUT2D eigenvalue weighted by atomic mass is 32.2. The number of pyridine rings is 1. The fourth-order valence-corrected chi connectivity index (χ4v) is 7.84. The highest BCUT2D eigenvalue weighted by molar-refractivity contribution is 7.90. The molecule has 45 heavy (non-hydrogen) atoms. The van der Waals surface area contributed by atoms with Gasteiger partial charge in [0.1, 0.15) is 5.60 Å². The molecule has 7 rings (SSSR count). The van der Waals surface area contributed by atoms with Gasteiger partial charge in [-0.15, -0.1) is 0 Å². The van der Waals surface area contributed by atoms with Crippen LogP contribution in [0.25, 0.3) is 33.1 Å². The molecule has 2 aliphatic rings. The van der Waals surface area contributed by atoms with E-state index < -0.39 is 27.1 Å². The third kappa shape index (κ3) is 4.32. The second-order valence-electron chi connectivity index (χ2n) is 12.4. The number of nitrogens with zero attached hydrogens (tertiary/aromatic N) is 6. The molecular weight excluding hydrogens is 596 g/mol. The molecule has 0 N–H and O–H groups in total. The van der Waals surface area contributed by atoms with Crippen LogP contribution in [0.1, 0.15) is 32.8 Å². The van der Waals surface area contributed by atoms with Gasteiger partial charge in [0, 0.05) is 48.2 Å². The number of fused-ring (bicyclic) bond motifs is 5. The van der Waals surface area contributed by atoms with Crippen molar-refractivity contribution in [2.45, 2.75) is 43.1 Å². The lowest BCUT2D eigenvalue weighted by atomic mass is 9.79. The fourth-order valence-electron chi connectivity index (χ4n) is 6.50. The van der Waals surface area contributed by atoms with Gasteiger partial charge in [-0.3, -0.25) is 14.3 Å². The Hall–Kier alpha value is -4.75. The molecule has 3 aromatic heterocycles. The van der Waals surface area contributed by atoms with E-state index in [1.54, 1.807) is 56.0 Å². The third-order valence-corrected chi connectivity index (χ3v) is 10.2. The summed E-state index contributed by atoms with van der Waals surface area (Å²) in [5.74, 6) is -0.354. The summed E-state index contributed by atoms with van der Waals surface area (Å²) in [4.78, 5) is 39.3. The maximum Gasteiger partial charge on any atom is 0.410 e. The summed E-state index contributed by atoms with van der Waals surface area (Å²) in [7, 11) is -0.851. The lowest BCUT2D eigenvalue weighted by molar-refractivity contribution is -0.128. The van der Waals surface area contributed by atoms with Crippen LogP contribution in [0, 0.1) is 0 Å². The predicted molar refractivity (Wildman–Crippen MR) is 167 cm³/mol. The van der Waals surface area contributed by atoms with Crippen LogP contribution >= 0.6 is 0 Å². The Labute approximate surface area is 259 Å². The van der Waals surface area contributed by atoms with Gasteiger partial charge in [0.2, 0.25) is 0 Å². The molecule has 2 aromatic carbocycles. The molecule has 0 bridgehead atoms. The zero-order valence-corrected chi connectivity index (χ0v) is 26.3. The number of carbonyl (C=O) groups excluding carboxylic acids is 2.